The Balaban J connectivity index is 1.21. The Kier molecular flexibility index (Phi) is 6.64. The molecule has 7 rings (SSSR count). The molecule has 5 aromatic rings. The highest BCUT2D eigenvalue weighted by Crippen LogP contribution is 2.37. The summed E-state index contributed by atoms with van der Waals surface area (Å²) >= 11 is 0. The normalized spacial score (nSPS) is 16.6. The van der Waals surface area contributed by atoms with E-state index in [0.717, 1.165) is 29.8 Å². The number of carbonyl (C=O) groups excluding carboxylic acids is 1. The molecule has 5 heterocycles. The lowest BCUT2D eigenvalue weighted by molar-refractivity contribution is -0.126. The molecule has 1 N–H and O–H groups in total. The topological polar surface area (TPSA) is 90.1 Å². The van der Waals surface area contributed by atoms with Crippen LogP contribution < -0.4 is 10.1 Å². The zero-order valence-corrected chi connectivity index (χ0v) is 23.0. The van der Waals surface area contributed by atoms with Crippen molar-refractivity contribution in [2.24, 2.45) is 0 Å². The van der Waals surface area contributed by atoms with Crippen LogP contribution in [0.5, 0.6) is 5.75 Å². The number of amides is 1. The Morgan fingerprint density at radius 3 is 2.71 bits per heavy atom. The number of ether oxygens (including phenoxy) is 1. The molecule has 2 aromatic carbocycles. The zero-order valence-electron chi connectivity index (χ0n) is 23.0. The van der Waals surface area contributed by atoms with Crippen LogP contribution in [0.1, 0.15) is 31.4 Å². The number of nitrogens with zero attached hydrogens (tertiary/aromatic N) is 6. The van der Waals surface area contributed by atoms with Crippen LogP contribution in [0.3, 0.4) is 0 Å². The van der Waals surface area contributed by atoms with Gasteiger partial charge in [0.1, 0.15) is 29.5 Å². The summed E-state index contributed by atoms with van der Waals surface area (Å²) < 4.78 is 24.8. The number of likely N-dealkylation sites (tertiary alicyclic amines) is 1. The number of piperidine rings is 1. The van der Waals surface area contributed by atoms with Crippen molar-refractivity contribution in [1.29, 1.82) is 0 Å². The average Bonchev–Trinajstić information content (AvgIpc) is 3.77. The minimum absolute atomic E-state index is 0.0341. The van der Waals surface area contributed by atoms with E-state index < -0.39 is 0 Å². The third-order valence-electron chi connectivity index (χ3n) is 7.83. The molecular formula is C32H28FN7O2. The van der Waals surface area contributed by atoms with Crippen molar-refractivity contribution in [2.75, 3.05) is 19.7 Å². The van der Waals surface area contributed by atoms with Crippen molar-refractivity contribution >= 4 is 17.1 Å². The van der Waals surface area contributed by atoms with Gasteiger partial charge >= 0.3 is 0 Å². The van der Waals surface area contributed by atoms with Gasteiger partial charge in [-0.15, -0.1) is 0 Å². The van der Waals surface area contributed by atoms with Gasteiger partial charge in [-0.1, -0.05) is 24.1 Å². The number of carbonyl (C=O) groups is 1. The van der Waals surface area contributed by atoms with Crippen molar-refractivity contribution in [3.8, 4) is 40.5 Å². The van der Waals surface area contributed by atoms with E-state index in [2.05, 4.69) is 28.3 Å². The van der Waals surface area contributed by atoms with Gasteiger partial charge in [-0.05, 0) is 62.1 Å². The molecule has 0 spiro atoms. The Morgan fingerprint density at radius 1 is 1.07 bits per heavy atom. The number of nitrogens with one attached hydrogen (secondary N) is 1. The predicted octanol–water partition coefficient (Wildman–Crippen LogP) is 4.45. The molecule has 0 radical (unpaired) electrons. The number of imidazole rings is 1. The minimum atomic E-state index is -0.363. The lowest BCUT2D eigenvalue weighted by atomic mass is 10.0. The van der Waals surface area contributed by atoms with Crippen LogP contribution in [0.2, 0.25) is 0 Å². The van der Waals surface area contributed by atoms with Gasteiger partial charge in [-0.3, -0.25) is 9.36 Å². The second kappa shape index (κ2) is 10.8. The van der Waals surface area contributed by atoms with Crippen molar-refractivity contribution in [3.05, 3.63) is 84.4 Å². The molecule has 10 heteroatoms. The molecule has 1 atom stereocenters. The van der Waals surface area contributed by atoms with E-state index >= 15 is 4.39 Å². The van der Waals surface area contributed by atoms with Crippen molar-refractivity contribution < 1.29 is 13.9 Å². The molecule has 3 aromatic heterocycles. The fourth-order valence-electron chi connectivity index (χ4n) is 5.74. The lowest BCUT2D eigenvalue weighted by Crippen LogP contribution is -2.45. The third kappa shape index (κ3) is 4.67. The Labute approximate surface area is 242 Å². The number of halogens is 1. The van der Waals surface area contributed by atoms with Gasteiger partial charge in [0.25, 0.3) is 5.91 Å². The van der Waals surface area contributed by atoms with E-state index in [1.54, 1.807) is 36.0 Å². The maximum Gasteiger partial charge on any atom is 0.298 e. The minimum Gasteiger partial charge on any atom is -0.491 e. The van der Waals surface area contributed by atoms with E-state index in [1.807, 2.05) is 46.0 Å². The molecule has 1 fully saturated rings. The molecule has 2 aliphatic heterocycles. The number of fused-ring (bicyclic) bond motifs is 2. The molecule has 0 saturated carbocycles. The fourth-order valence-corrected chi connectivity index (χ4v) is 5.74. The summed E-state index contributed by atoms with van der Waals surface area (Å²) in [5.41, 5.74) is 3.44. The Bertz CT molecular complexity index is 1850. The summed E-state index contributed by atoms with van der Waals surface area (Å²) in [5, 5.41) is 8.04. The maximum absolute atomic E-state index is 15.1. The van der Waals surface area contributed by atoms with Crippen LogP contribution in [0, 0.1) is 17.7 Å². The van der Waals surface area contributed by atoms with Crippen LogP contribution in [-0.2, 0) is 4.79 Å². The highest BCUT2D eigenvalue weighted by Gasteiger charge is 2.30. The SMILES string of the molecule is CC#CC(=O)N1CCC(NC2COc3cc(-n4c(-c5ccccc5F)nc5ccc(-n6cccn6)nc54)ccc32)CC1. The van der Waals surface area contributed by atoms with Crippen LogP contribution in [-0.4, -0.2) is 60.9 Å². The molecule has 2 aliphatic rings. The van der Waals surface area contributed by atoms with Crippen LogP contribution in [0.15, 0.2) is 73.1 Å². The van der Waals surface area contributed by atoms with E-state index in [9.17, 15) is 4.79 Å². The number of aromatic nitrogens is 5. The van der Waals surface area contributed by atoms with Crippen molar-refractivity contribution in [3.63, 3.8) is 0 Å². The largest absolute Gasteiger partial charge is 0.491 e. The van der Waals surface area contributed by atoms with E-state index in [0.29, 0.717) is 48.1 Å². The molecule has 1 saturated heterocycles. The number of benzene rings is 2. The summed E-state index contributed by atoms with van der Waals surface area (Å²) in [6.07, 6.45) is 5.24. The average molecular weight is 562 g/mol. The molecule has 0 aliphatic carbocycles. The van der Waals surface area contributed by atoms with E-state index in [1.165, 1.54) is 6.07 Å². The molecular weight excluding hydrogens is 533 g/mol. The van der Waals surface area contributed by atoms with Gasteiger partial charge < -0.3 is 15.0 Å². The van der Waals surface area contributed by atoms with Gasteiger partial charge in [-0.2, -0.15) is 5.10 Å². The first kappa shape index (κ1) is 25.9. The summed E-state index contributed by atoms with van der Waals surface area (Å²) in [6, 6.07) is 18.5. The first-order valence-corrected chi connectivity index (χ1v) is 14.0. The number of hydrogen-bond donors (Lipinski definition) is 1. The monoisotopic (exact) mass is 561 g/mol. The highest BCUT2D eigenvalue weighted by atomic mass is 19.1. The van der Waals surface area contributed by atoms with Gasteiger partial charge in [0, 0.05) is 43.2 Å². The van der Waals surface area contributed by atoms with Crippen LogP contribution in [0.25, 0.3) is 34.1 Å². The number of hydrogen-bond acceptors (Lipinski definition) is 6. The standard InChI is InChI=1S/C32H28FN7O2/c1-2-6-30(41)38-17-13-21(14-18-38)35-27-20-42-28-19-22(9-10-24(27)28)40-31(23-7-3-4-8-25(23)33)36-26-11-12-29(37-32(26)40)39-16-5-15-34-39/h3-5,7-12,15-16,19,21,27,35H,13-14,17-18,20H2,1H3. The molecule has 42 heavy (non-hydrogen) atoms. The van der Waals surface area contributed by atoms with Gasteiger partial charge in [0.05, 0.1) is 17.3 Å². The summed E-state index contributed by atoms with van der Waals surface area (Å²) in [6.45, 7) is 3.56. The second-order valence-corrected chi connectivity index (χ2v) is 10.4. The van der Waals surface area contributed by atoms with E-state index in [-0.39, 0.29) is 23.8 Å². The number of rotatable bonds is 5. The summed E-state index contributed by atoms with van der Waals surface area (Å²) in [4.78, 5) is 23.6. The Hall–Kier alpha value is -5.01. The zero-order chi connectivity index (χ0) is 28.6. The van der Waals surface area contributed by atoms with Gasteiger partial charge in [0.15, 0.2) is 11.5 Å². The smallest absolute Gasteiger partial charge is 0.298 e. The number of pyridine rings is 1. The van der Waals surface area contributed by atoms with Gasteiger partial charge in [0.2, 0.25) is 0 Å². The molecule has 1 unspecified atom stereocenters. The van der Waals surface area contributed by atoms with Gasteiger partial charge in [-0.25, -0.2) is 19.0 Å². The first-order chi connectivity index (χ1) is 20.6. The third-order valence-corrected chi connectivity index (χ3v) is 7.83. The maximum atomic E-state index is 15.1. The lowest BCUT2D eigenvalue weighted by Gasteiger charge is -2.32. The quantitative estimate of drug-likeness (QED) is 0.319. The van der Waals surface area contributed by atoms with E-state index in [4.69, 9.17) is 14.7 Å². The predicted molar refractivity (Wildman–Crippen MR) is 156 cm³/mol. The fraction of sp³-hybridized carbons (Fsp3) is 0.250. The molecule has 9 nitrogen and oxygen atoms in total. The molecule has 210 valence electrons. The van der Waals surface area contributed by atoms with Crippen LogP contribution >= 0.6 is 0 Å². The molecule has 0 bridgehead atoms. The summed E-state index contributed by atoms with van der Waals surface area (Å²) in [5.74, 6) is 6.70. The second-order valence-electron chi connectivity index (χ2n) is 10.4. The first-order valence-electron chi connectivity index (χ1n) is 14.0. The molecule has 1 amide bonds. The Morgan fingerprint density at radius 2 is 1.93 bits per heavy atom. The van der Waals surface area contributed by atoms with Crippen LogP contribution in [0.4, 0.5) is 4.39 Å². The summed E-state index contributed by atoms with van der Waals surface area (Å²) in [7, 11) is 0. The van der Waals surface area contributed by atoms with Crippen molar-refractivity contribution in [2.45, 2.75) is 31.8 Å². The van der Waals surface area contributed by atoms with Crippen molar-refractivity contribution in [1.82, 2.24) is 34.5 Å². The highest BCUT2D eigenvalue weighted by molar-refractivity contribution is 5.93.